The zero-order valence-corrected chi connectivity index (χ0v) is 27.9. The first kappa shape index (κ1) is 27.5. The molecule has 246 valence electrons. The molecule has 0 atom stereocenters. The van der Waals surface area contributed by atoms with Crippen LogP contribution < -0.4 is 0 Å². The molecule has 0 aliphatic rings. The highest BCUT2D eigenvalue weighted by Gasteiger charge is 2.19. The van der Waals surface area contributed by atoms with Gasteiger partial charge >= 0.3 is 0 Å². The summed E-state index contributed by atoms with van der Waals surface area (Å²) in [5, 5.41) is 10.8. The van der Waals surface area contributed by atoms with Crippen LogP contribution in [0.2, 0.25) is 0 Å². The third kappa shape index (κ3) is 3.70. The van der Waals surface area contributed by atoms with Crippen LogP contribution in [0.15, 0.2) is 168 Å². The summed E-state index contributed by atoms with van der Waals surface area (Å²) < 4.78 is 31.5. The van der Waals surface area contributed by atoms with E-state index in [9.17, 15) is 0 Å². The van der Waals surface area contributed by atoms with E-state index in [2.05, 4.69) is 97.1 Å². The maximum absolute atomic E-state index is 6.37. The molecule has 8 aromatic carbocycles. The van der Waals surface area contributed by atoms with Crippen molar-refractivity contribution in [1.29, 1.82) is 0 Å². The van der Waals surface area contributed by atoms with Gasteiger partial charge in [0.1, 0.15) is 55.8 Å². The Balaban J connectivity index is 0.974. The summed E-state index contributed by atoms with van der Waals surface area (Å²) in [6, 6.07) is 50.2. The van der Waals surface area contributed by atoms with E-state index in [0.29, 0.717) is 0 Å². The molecule has 5 nitrogen and oxygen atoms in total. The summed E-state index contributed by atoms with van der Waals surface area (Å²) in [6.45, 7) is 0. The molecule has 5 heteroatoms. The van der Waals surface area contributed by atoms with Gasteiger partial charge in [-0.05, 0) is 107 Å². The van der Waals surface area contributed by atoms with Gasteiger partial charge in [-0.25, -0.2) is 0 Å². The van der Waals surface area contributed by atoms with Crippen LogP contribution in [0.25, 0.3) is 132 Å². The first-order valence-corrected chi connectivity index (χ1v) is 17.7. The lowest BCUT2D eigenvalue weighted by Gasteiger charge is -2.04. The van der Waals surface area contributed by atoms with Gasteiger partial charge in [-0.3, -0.25) is 0 Å². The van der Waals surface area contributed by atoms with Gasteiger partial charge < -0.3 is 22.1 Å². The van der Waals surface area contributed by atoms with Crippen molar-refractivity contribution in [2.75, 3.05) is 0 Å². The SMILES string of the molecule is c1ccc2c(c1)oc1ccc3oc4ccc(-c5ccc6oc7ccc(-c8ccc9oc%10ccc%11oc%12ccccc%12c%11c%10c9c8)cc7c6c5)cc4c3c12. The predicted molar refractivity (Wildman–Crippen MR) is 214 cm³/mol. The molecule has 0 spiro atoms. The Labute approximate surface area is 298 Å². The second-order valence-corrected chi connectivity index (χ2v) is 14.0. The van der Waals surface area contributed by atoms with Crippen molar-refractivity contribution in [1.82, 2.24) is 0 Å². The molecule has 5 heterocycles. The molecule has 5 aromatic heterocycles. The molecule has 0 N–H and O–H groups in total. The third-order valence-electron chi connectivity index (χ3n) is 11.1. The highest BCUT2D eigenvalue weighted by molar-refractivity contribution is 6.27. The number of hydrogen-bond donors (Lipinski definition) is 0. The Kier molecular flexibility index (Phi) is 5.06. The number of para-hydroxylation sites is 2. The van der Waals surface area contributed by atoms with Crippen LogP contribution in [0.5, 0.6) is 0 Å². The van der Waals surface area contributed by atoms with E-state index in [1.54, 1.807) is 0 Å². The molecule has 0 aliphatic heterocycles. The second-order valence-electron chi connectivity index (χ2n) is 14.0. The Bertz CT molecular complexity index is 3450. The minimum atomic E-state index is 0.851. The molecule has 0 aliphatic carbocycles. The zero-order valence-electron chi connectivity index (χ0n) is 27.9. The average Bonchev–Trinajstić information content (AvgIpc) is 4.01. The second kappa shape index (κ2) is 9.75. The van der Waals surface area contributed by atoms with Gasteiger partial charge in [0.25, 0.3) is 0 Å². The van der Waals surface area contributed by atoms with Crippen LogP contribution >= 0.6 is 0 Å². The summed E-state index contributed by atoms with van der Waals surface area (Å²) in [6.07, 6.45) is 0. The minimum absolute atomic E-state index is 0.851. The van der Waals surface area contributed by atoms with Crippen molar-refractivity contribution >= 4 is 110 Å². The van der Waals surface area contributed by atoms with Crippen LogP contribution in [0.4, 0.5) is 0 Å². The fourth-order valence-corrected chi connectivity index (χ4v) is 8.66. The molecule has 0 bridgehead atoms. The summed E-state index contributed by atoms with van der Waals surface area (Å²) in [4.78, 5) is 0. The van der Waals surface area contributed by atoms with Crippen molar-refractivity contribution in [3.05, 3.63) is 146 Å². The highest BCUT2D eigenvalue weighted by Crippen LogP contribution is 2.44. The Morgan fingerprint density at radius 1 is 0.208 bits per heavy atom. The van der Waals surface area contributed by atoms with E-state index in [0.717, 1.165) is 132 Å². The number of furan rings is 5. The molecule has 0 radical (unpaired) electrons. The largest absolute Gasteiger partial charge is 0.456 e. The summed E-state index contributed by atoms with van der Waals surface area (Å²) in [5.74, 6) is 0. The Hall–Kier alpha value is -7.24. The van der Waals surface area contributed by atoms with E-state index < -0.39 is 0 Å². The minimum Gasteiger partial charge on any atom is -0.456 e. The number of benzene rings is 8. The first-order valence-electron chi connectivity index (χ1n) is 17.7. The van der Waals surface area contributed by atoms with Gasteiger partial charge in [0.15, 0.2) is 0 Å². The van der Waals surface area contributed by atoms with Crippen LogP contribution in [0, 0.1) is 0 Å². The maximum Gasteiger partial charge on any atom is 0.136 e. The van der Waals surface area contributed by atoms with Gasteiger partial charge in [0.05, 0.1) is 0 Å². The maximum atomic E-state index is 6.37. The smallest absolute Gasteiger partial charge is 0.136 e. The molecular formula is C48H24O5. The van der Waals surface area contributed by atoms with Gasteiger partial charge in [0.2, 0.25) is 0 Å². The average molecular weight is 681 g/mol. The molecule has 0 amide bonds. The summed E-state index contributed by atoms with van der Waals surface area (Å²) in [5.41, 5.74) is 13.0. The van der Waals surface area contributed by atoms with Crippen LogP contribution in [-0.4, -0.2) is 0 Å². The third-order valence-corrected chi connectivity index (χ3v) is 11.1. The van der Waals surface area contributed by atoms with E-state index in [1.807, 2.05) is 48.5 Å². The van der Waals surface area contributed by atoms with E-state index in [1.165, 1.54) is 0 Å². The quantitative estimate of drug-likeness (QED) is 0.182. The highest BCUT2D eigenvalue weighted by atomic mass is 16.3. The standard InChI is InChI=1S/C48H24O5/c1-3-7-35-29(5-1)45-41(50-35)17-19-43-47(45)33-23-27(11-15-39(33)52-43)25-9-13-37-31(21-25)32-22-26(10-14-38(32)49-37)28-12-16-40-34(24-28)48-44(53-40)20-18-42-46(48)30-6-2-4-8-36(30)51-42/h1-24H. The van der Waals surface area contributed by atoms with E-state index in [4.69, 9.17) is 22.1 Å². The lowest BCUT2D eigenvalue weighted by atomic mass is 9.97. The van der Waals surface area contributed by atoms with Gasteiger partial charge in [-0.1, -0.05) is 60.7 Å². The topological polar surface area (TPSA) is 65.7 Å². The molecule has 13 rings (SSSR count). The molecule has 13 aromatic rings. The summed E-state index contributed by atoms with van der Waals surface area (Å²) >= 11 is 0. The van der Waals surface area contributed by atoms with Crippen LogP contribution in [-0.2, 0) is 0 Å². The van der Waals surface area contributed by atoms with Crippen molar-refractivity contribution in [3.8, 4) is 22.3 Å². The number of fused-ring (bicyclic) bond motifs is 17. The van der Waals surface area contributed by atoms with Gasteiger partial charge in [-0.2, -0.15) is 0 Å². The molecule has 0 saturated carbocycles. The zero-order chi connectivity index (χ0) is 34.4. The van der Waals surface area contributed by atoms with Crippen molar-refractivity contribution < 1.29 is 22.1 Å². The number of hydrogen-bond acceptors (Lipinski definition) is 5. The van der Waals surface area contributed by atoms with Crippen molar-refractivity contribution in [2.45, 2.75) is 0 Å². The van der Waals surface area contributed by atoms with E-state index >= 15 is 0 Å². The predicted octanol–water partition coefficient (Wildman–Crippen LogP) is 14.5. The van der Waals surface area contributed by atoms with Crippen molar-refractivity contribution in [3.63, 3.8) is 0 Å². The molecular weight excluding hydrogens is 657 g/mol. The first-order chi connectivity index (χ1) is 26.2. The fourth-order valence-electron chi connectivity index (χ4n) is 8.66. The van der Waals surface area contributed by atoms with Crippen LogP contribution in [0.1, 0.15) is 0 Å². The Morgan fingerprint density at radius 2 is 0.472 bits per heavy atom. The van der Waals surface area contributed by atoms with Crippen molar-refractivity contribution in [2.24, 2.45) is 0 Å². The van der Waals surface area contributed by atoms with Gasteiger partial charge in [-0.15, -0.1) is 0 Å². The van der Waals surface area contributed by atoms with E-state index in [-0.39, 0.29) is 0 Å². The van der Waals surface area contributed by atoms with Crippen LogP contribution in [0.3, 0.4) is 0 Å². The lowest BCUT2D eigenvalue weighted by molar-refractivity contribution is 0.663. The number of rotatable bonds is 2. The monoisotopic (exact) mass is 680 g/mol. The van der Waals surface area contributed by atoms with Gasteiger partial charge in [0, 0.05) is 53.9 Å². The fraction of sp³-hybridized carbons (Fsp3) is 0. The Morgan fingerprint density at radius 3 is 0.868 bits per heavy atom. The lowest BCUT2D eigenvalue weighted by Crippen LogP contribution is -1.80. The molecule has 53 heavy (non-hydrogen) atoms. The molecule has 0 fully saturated rings. The molecule has 0 unspecified atom stereocenters. The molecule has 0 saturated heterocycles. The summed E-state index contributed by atoms with van der Waals surface area (Å²) in [7, 11) is 0. The normalized spacial score (nSPS) is 12.5.